The Kier molecular flexibility index (Phi) is 5.88. The van der Waals surface area contributed by atoms with Crippen LogP contribution in [0.25, 0.3) is 0 Å². The molecule has 1 amide bonds. The van der Waals surface area contributed by atoms with Crippen molar-refractivity contribution in [3.05, 3.63) is 76.6 Å². The van der Waals surface area contributed by atoms with Crippen molar-refractivity contribution >= 4 is 29.1 Å². The van der Waals surface area contributed by atoms with E-state index in [1.54, 1.807) is 19.2 Å². The molecule has 3 rings (SSSR count). The van der Waals surface area contributed by atoms with Crippen molar-refractivity contribution in [2.24, 2.45) is 0 Å². The van der Waals surface area contributed by atoms with Gasteiger partial charge in [0, 0.05) is 29.6 Å². The molecule has 0 saturated carbocycles. The SMILES string of the molecule is COc1ccc(CNc2ncc(C(=O)Nc3cc(Cl)ccc3C)cn2)cc1. The first-order chi connectivity index (χ1) is 13.0. The van der Waals surface area contributed by atoms with Gasteiger partial charge in [0.05, 0.1) is 12.7 Å². The summed E-state index contributed by atoms with van der Waals surface area (Å²) in [5.74, 6) is 0.962. The van der Waals surface area contributed by atoms with E-state index in [1.165, 1.54) is 12.4 Å². The number of benzene rings is 2. The van der Waals surface area contributed by atoms with Gasteiger partial charge in [0.2, 0.25) is 5.95 Å². The smallest absolute Gasteiger partial charge is 0.258 e. The van der Waals surface area contributed by atoms with Crippen molar-refractivity contribution in [3.63, 3.8) is 0 Å². The number of carbonyl (C=O) groups is 1. The largest absolute Gasteiger partial charge is 0.497 e. The first-order valence-corrected chi connectivity index (χ1v) is 8.69. The van der Waals surface area contributed by atoms with Gasteiger partial charge in [0.15, 0.2) is 0 Å². The maximum Gasteiger partial charge on any atom is 0.258 e. The zero-order chi connectivity index (χ0) is 19.2. The molecule has 0 atom stereocenters. The molecule has 138 valence electrons. The summed E-state index contributed by atoms with van der Waals surface area (Å²) < 4.78 is 5.13. The van der Waals surface area contributed by atoms with Gasteiger partial charge in [-0.3, -0.25) is 4.79 Å². The zero-order valence-corrected chi connectivity index (χ0v) is 15.7. The summed E-state index contributed by atoms with van der Waals surface area (Å²) in [6.45, 7) is 2.46. The predicted octanol–water partition coefficient (Wildman–Crippen LogP) is 4.31. The molecule has 3 aromatic rings. The third kappa shape index (κ3) is 4.95. The van der Waals surface area contributed by atoms with E-state index >= 15 is 0 Å². The molecule has 0 radical (unpaired) electrons. The highest BCUT2D eigenvalue weighted by atomic mass is 35.5. The predicted molar refractivity (Wildman–Crippen MR) is 106 cm³/mol. The van der Waals surface area contributed by atoms with Crippen LogP contribution in [0, 0.1) is 6.92 Å². The van der Waals surface area contributed by atoms with Crippen LogP contribution in [-0.2, 0) is 6.54 Å². The van der Waals surface area contributed by atoms with Crippen LogP contribution in [0.4, 0.5) is 11.6 Å². The number of aromatic nitrogens is 2. The molecule has 0 saturated heterocycles. The number of nitrogens with one attached hydrogen (secondary N) is 2. The highest BCUT2D eigenvalue weighted by Gasteiger charge is 2.10. The number of amides is 1. The normalized spacial score (nSPS) is 10.3. The molecule has 0 fully saturated rings. The van der Waals surface area contributed by atoms with E-state index in [2.05, 4.69) is 20.6 Å². The van der Waals surface area contributed by atoms with Gasteiger partial charge < -0.3 is 15.4 Å². The van der Waals surface area contributed by atoms with Gasteiger partial charge in [-0.1, -0.05) is 29.8 Å². The minimum Gasteiger partial charge on any atom is -0.497 e. The number of methoxy groups -OCH3 is 1. The topological polar surface area (TPSA) is 76.1 Å². The van der Waals surface area contributed by atoms with Crippen LogP contribution in [0.2, 0.25) is 5.02 Å². The third-order valence-corrected chi connectivity index (χ3v) is 4.21. The molecule has 7 heteroatoms. The molecule has 1 aromatic heterocycles. The Bertz CT molecular complexity index is 928. The van der Waals surface area contributed by atoms with Crippen LogP contribution < -0.4 is 15.4 Å². The Morgan fingerprint density at radius 2 is 1.81 bits per heavy atom. The van der Waals surface area contributed by atoms with Gasteiger partial charge in [-0.05, 0) is 42.3 Å². The second-order valence-corrected chi connectivity index (χ2v) is 6.35. The summed E-state index contributed by atoms with van der Waals surface area (Å²) in [7, 11) is 1.63. The van der Waals surface area contributed by atoms with Crippen molar-refractivity contribution in [1.82, 2.24) is 9.97 Å². The molecule has 27 heavy (non-hydrogen) atoms. The summed E-state index contributed by atoms with van der Waals surface area (Å²) in [4.78, 5) is 20.8. The lowest BCUT2D eigenvalue weighted by Crippen LogP contribution is -2.14. The maximum atomic E-state index is 12.4. The molecule has 0 aliphatic heterocycles. The Morgan fingerprint density at radius 1 is 1.11 bits per heavy atom. The Hall–Kier alpha value is -3.12. The lowest BCUT2D eigenvalue weighted by Gasteiger charge is -2.09. The quantitative estimate of drug-likeness (QED) is 0.664. The van der Waals surface area contributed by atoms with Crippen molar-refractivity contribution in [2.75, 3.05) is 17.7 Å². The van der Waals surface area contributed by atoms with Gasteiger partial charge in [-0.15, -0.1) is 0 Å². The van der Waals surface area contributed by atoms with Crippen molar-refractivity contribution in [2.45, 2.75) is 13.5 Å². The molecular weight excluding hydrogens is 364 g/mol. The Morgan fingerprint density at radius 3 is 2.48 bits per heavy atom. The van der Waals surface area contributed by atoms with E-state index in [9.17, 15) is 4.79 Å². The number of nitrogens with zero attached hydrogens (tertiary/aromatic N) is 2. The number of aryl methyl sites for hydroxylation is 1. The number of rotatable bonds is 6. The second-order valence-electron chi connectivity index (χ2n) is 5.91. The molecule has 0 aliphatic rings. The molecule has 0 bridgehead atoms. The van der Waals surface area contributed by atoms with Gasteiger partial charge in [0.1, 0.15) is 5.75 Å². The number of hydrogen-bond donors (Lipinski definition) is 2. The third-order valence-electron chi connectivity index (χ3n) is 3.97. The van der Waals surface area contributed by atoms with Gasteiger partial charge in [-0.2, -0.15) is 0 Å². The lowest BCUT2D eigenvalue weighted by atomic mass is 10.2. The number of halogens is 1. The van der Waals surface area contributed by atoms with E-state index in [-0.39, 0.29) is 5.91 Å². The number of ether oxygens (including phenoxy) is 1. The van der Waals surface area contributed by atoms with E-state index in [4.69, 9.17) is 16.3 Å². The number of hydrogen-bond acceptors (Lipinski definition) is 5. The van der Waals surface area contributed by atoms with E-state index < -0.39 is 0 Å². The van der Waals surface area contributed by atoms with E-state index in [0.717, 1.165) is 16.9 Å². The second kappa shape index (κ2) is 8.51. The van der Waals surface area contributed by atoms with Gasteiger partial charge >= 0.3 is 0 Å². The fraction of sp³-hybridized carbons (Fsp3) is 0.150. The Labute approximate surface area is 162 Å². The lowest BCUT2D eigenvalue weighted by molar-refractivity contribution is 0.102. The molecule has 6 nitrogen and oxygen atoms in total. The van der Waals surface area contributed by atoms with Crippen molar-refractivity contribution in [3.8, 4) is 5.75 Å². The first kappa shape index (κ1) is 18.7. The molecule has 1 heterocycles. The first-order valence-electron chi connectivity index (χ1n) is 8.31. The molecular formula is C20H19ClN4O2. The molecule has 0 spiro atoms. The zero-order valence-electron chi connectivity index (χ0n) is 15.0. The van der Waals surface area contributed by atoms with Crippen LogP contribution >= 0.6 is 11.6 Å². The average Bonchev–Trinajstić information content (AvgIpc) is 2.70. The van der Waals surface area contributed by atoms with Crippen LogP contribution in [0.15, 0.2) is 54.9 Å². The van der Waals surface area contributed by atoms with Crippen molar-refractivity contribution < 1.29 is 9.53 Å². The Balaban J connectivity index is 1.60. The van der Waals surface area contributed by atoms with Crippen LogP contribution in [0.5, 0.6) is 5.75 Å². The van der Waals surface area contributed by atoms with Gasteiger partial charge in [-0.25, -0.2) is 9.97 Å². The maximum absolute atomic E-state index is 12.4. The highest BCUT2D eigenvalue weighted by Crippen LogP contribution is 2.21. The fourth-order valence-electron chi connectivity index (χ4n) is 2.38. The monoisotopic (exact) mass is 382 g/mol. The molecule has 2 aromatic carbocycles. The summed E-state index contributed by atoms with van der Waals surface area (Å²) in [5.41, 5.74) is 3.02. The van der Waals surface area contributed by atoms with Crippen LogP contribution in [0.3, 0.4) is 0 Å². The summed E-state index contributed by atoms with van der Waals surface area (Å²) in [6.07, 6.45) is 2.97. The molecule has 0 unspecified atom stereocenters. The van der Waals surface area contributed by atoms with Gasteiger partial charge in [0.25, 0.3) is 5.91 Å². The number of anilines is 2. The van der Waals surface area contributed by atoms with Crippen molar-refractivity contribution in [1.29, 1.82) is 0 Å². The molecule has 0 aliphatic carbocycles. The minimum absolute atomic E-state index is 0.290. The summed E-state index contributed by atoms with van der Waals surface area (Å²) >= 11 is 5.98. The molecule has 2 N–H and O–H groups in total. The van der Waals surface area contributed by atoms with Crippen LogP contribution in [-0.4, -0.2) is 23.0 Å². The number of carbonyl (C=O) groups excluding carboxylic acids is 1. The summed E-state index contributed by atoms with van der Waals surface area (Å²) in [6, 6.07) is 13.0. The average molecular weight is 383 g/mol. The minimum atomic E-state index is -0.290. The summed E-state index contributed by atoms with van der Waals surface area (Å²) in [5, 5.41) is 6.50. The van der Waals surface area contributed by atoms with Crippen LogP contribution in [0.1, 0.15) is 21.5 Å². The van der Waals surface area contributed by atoms with E-state index in [1.807, 2.05) is 37.3 Å². The standard InChI is InChI=1S/C20H19ClN4O2/c1-13-3-6-16(21)9-18(13)25-19(26)15-11-23-20(24-12-15)22-10-14-4-7-17(27-2)8-5-14/h3-9,11-12H,10H2,1-2H3,(H,25,26)(H,22,23,24). The van der Waals surface area contributed by atoms with E-state index in [0.29, 0.717) is 28.8 Å². The highest BCUT2D eigenvalue weighted by molar-refractivity contribution is 6.31. The fourth-order valence-corrected chi connectivity index (χ4v) is 2.56.